The van der Waals surface area contributed by atoms with Gasteiger partial charge in [0.05, 0.1) is 6.61 Å². The zero-order valence-corrected chi connectivity index (χ0v) is 9.85. The van der Waals surface area contributed by atoms with E-state index in [4.69, 9.17) is 10.5 Å². The van der Waals surface area contributed by atoms with Crippen molar-refractivity contribution in [1.29, 1.82) is 0 Å². The number of hydrogen-bond donors (Lipinski definition) is 2. The minimum absolute atomic E-state index is 0.190. The highest BCUT2D eigenvalue weighted by molar-refractivity contribution is 4.94. The van der Waals surface area contributed by atoms with E-state index in [0.717, 1.165) is 26.3 Å². The van der Waals surface area contributed by atoms with E-state index in [1.165, 1.54) is 32.1 Å². The van der Waals surface area contributed by atoms with E-state index in [1.807, 2.05) is 0 Å². The second-order valence-corrected chi connectivity index (χ2v) is 5.63. The van der Waals surface area contributed by atoms with Gasteiger partial charge >= 0.3 is 0 Å². The summed E-state index contributed by atoms with van der Waals surface area (Å²) in [4.78, 5) is 0. The molecule has 0 aromatic carbocycles. The Bertz CT molecular complexity index is 202. The average molecular weight is 212 g/mol. The van der Waals surface area contributed by atoms with Gasteiger partial charge in [-0.2, -0.15) is 0 Å². The number of ether oxygens (including phenoxy) is 1. The molecule has 1 unspecified atom stereocenters. The topological polar surface area (TPSA) is 47.3 Å². The summed E-state index contributed by atoms with van der Waals surface area (Å²) in [7, 11) is 0. The maximum Gasteiger partial charge on any atom is 0.0645 e. The summed E-state index contributed by atoms with van der Waals surface area (Å²) < 4.78 is 5.54. The molecule has 0 aromatic rings. The van der Waals surface area contributed by atoms with Crippen LogP contribution in [0, 0.1) is 5.41 Å². The molecule has 1 saturated heterocycles. The van der Waals surface area contributed by atoms with Gasteiger partial charge in [-0.1, -0.05) is 6.42 Å². The molecule has 2 fully saturated rings. The van der Waals surface area contributed by atoms with E-state index in [1.54, 1.807) is 0 Å². The highest BCUT2D eigenvalue weighted by atomic mass is 16.5. The molecular formula is C12H24N2O. The predicted molar refractivity (Wildman–Crippen MR) is 61.8 cm³/mol. The molecule has 15 heavy (non-hydrogen) atoms. The Kier molecular flexibility index (Phi) is 3.33. The first kappa shape index (κ1) is 11.4. The Morgan fingerprint density at radius 3 is 2.53 bits per heavy atom. The van der Waals surface area contributed by atoms with Crippen LogP contribution in [-0.4, -0.2) is 31.8 Å². The molecule has 0 radical (unpaired) electrons. The first-order valence-electron chi connectivity index (χ1n) is 6.21. The lowest BCUT2D eigenvalue weighted by atomic mass is 9.68. The van der Waals surface area contributed by atoms with Crippen LogP contribution in [0.4, 0.5) is 0 Å². The largest absolute Gasteiger partial charge is 0.380 e. The molecule has 1 saturated carbocycles. The van der Waals surface area contributed by atoms with Crippen molar-refractivity contribution in [2.45, 2.75) is 44.6 Å². The van der Waals surface area contributed by atoms with Crippen molar-refractivity contribution in [1.82, 2.24) is 5.32 Å². The Morgan fingerprint density at radius 2 is 2.07 bits per heavy atom. The van der Waals surface area contributed by atoms with Crippen molar-refractivity contribution >= 4 is 0 Å². The zero-order chi connectivity index (χ0) is 10.8. The van der Waals surface area contributed by atoms with Gasteiger partial charge in [0.2, 0.25) is 0 Å². The molecular weight excluding hydrogens is 188 g/mol. The lowest BCUT2D eigenvalue weighted by Gasteiger charge is -2.45. The van der Waals surface area contributed by atoms with E-state index in [-0.39, 0.29) is 5.54 Å². The van der Waals surface area contributed by atoms with Crippen molar-refractivity contribution in [3.8, 4) is 0 Å². The maximum absolute atomic E-state index is 5.86. The maximum atomic E-state index is 5.86. The summed E-state index contributed by atoms with van der Waals surface area (Å²) in [6, 6.07) is 0. The average Bonchev–Trinajstić information content (AvgIpc) is 2.18. The summed E-state index contributed by atoms with van der Waals surface area (Å²) in [6.45, 7) is 5.96. The molecule has 3 nitrogen and oxygen atoms in total. The number of nitrogens with two attached hydrogens (primary N) is 1. The molecule has 0 bridgehead atoms. The fourth-order valence-corrected chi connectivity index (χ4v) is 2.60. The molecule has 88 valence electrons. The van der Waals surface area contributed by atoms with E-state index in [0.29, 0.717) is 5.41 Å². The van der Waals surface area contributed by atoms with Crippen molar-refractivity contribution in [2.75, 3.05) is 26.3 Å². The van der Waals surface area contributed by atoms with E-state index < -0.39 is 0 Å². The van der Waals surface area contributed by atoms with Gasteiger partial charge in [-0.15, -0.1) is 0 Å². The number of hydrogen-bond acceptors (Lipinski definition) is 3. The minimum atomic E-state index is 0.190. The fourth-order valence-electron chi connectivity index (χ4n) is 2.60. The van der Waals surface area contributed by atoms with Crippen LogP contribution in [0.2, 0.25) is 0 Å². The molecule has 3 N–H and O–H groups in total. The quantitative estimate of drug-likeness (QED) is 0.738. The van der Waals surface area contributed by atoms with Crippen LogP contribution in [0.3, 0.4) is 0 Å². The highest BCUT2D eigenvalue weighted by Gasteiger charge is 2.37. The van der Waals surface area contributed by atoms with Gasteiger partial charge in [-0.05, 0) is 44.6 Å². The van der Waals surface area contributed by atoms with Crippen LogP contribution in [0.25, 0.3) is 0 Å². The van der Waals surface area contributed by atoms with Gasteiger partial charge in [-0.3, -0.25) is 0 Å². The Morgan fingerprint density at radius 1 is 1.27 bits per heavy atom. The normalized spacial score (nSPS) is 34.8. The van der Waals surface area contributed by atoms with Crippen molar-refractivity contribution in [2.24, 2.45) is 11.1 Å². The third-order valence-corrected chi connectivity index (χ3v) is 4.18. The lowest BCUT2D eigenvalue weighted by molar-refractivity contribution is 0.0165. The van der Waals surface area contributed by atoms with Crippen molar-refractivity contribution < 1.29 is 4.74 Å². The summed E-state index contributed by atoms with van der Waals surface area (Å²) in [5.41, 5.74) is 6.45. The first-order valence-corrected chi connectivity index (χ1v) is 6.21. The molecule has 3 heteroatoms. The van der Waals surface area contributed by atoms with Crippen LogP contribution in [0.1, 0.15) is 39.0 Å². The van der Waals surface area contributed by atoms with Crippen LogP contribution in [0.15, 0.2) is 0 Å². The molecule has 2 aliphatic rings. The molecule has 1 heterocycles. The van der Waals surface area contributed by atoms with Gasteiger partial charge in [-0.25, -0.2) is 0 Å². The van der Waals surface area contributed by atoms with Gasteiger partial charge in [0.15, 0.2) is 0 Å². The molecule has 1 atom stereocenters. The van der Waals surface area contributed by atoms with Crippen molar-refractivity contribution in [3.63, 3.8) is 0 Å². The Balaban J connectivity index is 1.80. The summed E-state index contributed by atoms with van der Waals surface area (Å²) in [5, 5.41) is 3.69. The monoisotopic (exact) mass is 212 g/mol. The summed E-state index contributed by atoms with van der Waals surface area (Å²) in [6.07, 6.45) is 6.36. The summed E-state index contributed by atoms with van der Waals surface area (Å²) in [5.74, 6) is 0. The third-order valence-electron chi connectivity index (χ3n) is 4.18. The molecule has 0 aromatic heterocycles. The van der Waals surface area contributed by atoms with Gasteiger partial charge < -0.3 is 15.8 Å². The van der Waals surface area contributed by atoms with Gasteiger partial charge in [0, 0.05) is 18.7 Å². The van der Waals surface area contributed by atoms with Gasteiger partial charge in [0.1, 0.15) is 0 Å². The van der Waals surface area contributed by atoms with Crippen molar-refractivity contribution in [3.05, 3.63) is 0 Å². The Hall–Kier alpha value is -0.120. The predicted octanol–water partition coefficient (Wildman–Crippen LogP) is 1.27. The summed E-state index contributed by atoms with van der Waals surface area (Å²) >= 11 is 0. The lowest BCUT2D eigenvalue weighted by Crippen LogP contribution is -2.55. The standard InChI is InChI=1S/C12H24N2O/c1-11(4-3-7-15-10-11)14-9-12(8-13)5-2-6-12/h14H,2-10,13H2,1H3. The second-order valence-electron chi connectivity index (χ2n) is 5.63. The number of nitrogens with one attached hydrogen (secondary N) is 1. The molecule has 1 aliphatic carbocycles. The molecule has 1 aliphatic heterocycles. The van der Waals surface area contributed by atoms with E-state index in [9.17, 15) is 0 Å². The molecule has 0 spiro atoms. The van der Waals surface area contributed by atoms with Gasteiger partial charge in [0.25, 0.3) is 0 Å². The zero-order valence-electron chi connectivity index (χ0n) is 9.85. The van der Waals surface area contributed by atoms with Crippen LogP contribution in [-0.2, 0) is 4.74 Å². The third kappa shape index (κ3) is 2.52. The molecule has 0 amide bonds. The Labute approximate surface area is 92.7 Å². The molecule has 2 rings (SSSR count). The van der Waals surface area contributed by atoms with Crippen LogP contribution in [0.5, 0.6) is 0 Å². The van der Waals surface area contributed by atoms with E-state index in [2.05, 4.69) is 12.2 Å². The highest BCUT2D eigenvalue weighted by Crippen LogP contribution is 2.39. The SMILES string of the molecule is CC1(NCC2(CN)CCC2)CCCOC1. The number of rotatable bonds is 4. The fraction of sp³-hybridized carbons (Fsp3) is 1.00. The second kappa shape index (κ2) is 4.40. The smallest absolute Gasteiger partial charge is 0.0645 e. The first-order chi connectivity index (χ1) is 7.18. The van der Waals surface area contributed by atoms with Crippen LogP contribution >= 0.6 is 0 Å². The van der Waals surface area contributed by atoms with E-state index >= 15 is 0 Å². The minimum Gasteiger partial charge on any atom is -0.380 e. The van der Waals surface area contributed by atoms with Crippen LogP contribution < -0.4 is 11.1 Å².